The van der Waals surface area contributed by atoms with Crippen LogP contribution in [0.3, 0.4) is 0 Å². The van der Waals surface area contributed by atoms with E-state index in [9.17, 15) is 9.18 Å². The van der Waals surface area contributed by atoms with E-state index < -0.39 is 5.82 Å². The maximum atomic E-state index is 13.5. The number of para-hydroxylation sites is 2. The number of halogens is 1. The maximum absolute atomic E-state index is 13.5. The van der Waals surface area contributed by atoms with Crippen molar-refractivity contribution in [3.63, 3.8) is 0 Å². The zero-order valence-corrected chi connectivity index (χ0v) is 16.1. The second-order valence-corrected chi connectivity index (χ2v) is 6.58. The molecule has 0 bridgehead atoms. The average Bonchev–Trinajstić information content (AvgIpc) is 3.24. The molecular weight excluding hydrogens is 385 g/mol. The number of carbonyl (C=O) groups excluding carboxylic acids is 1. The molecule has 4 rings (SSSR count). The van der Waals surface area contributed by atoms with Crippen molar-refractivity contribution in [1.82, 2.24) is 10.1 Å². The van der Waals surface area contributed by atoms with Crippen LogP contribution < -0.4 is 10.1 Å². The van der Waals surface area contributed by atoms with Crippen molar-refractivity contribution in [1.29, 1.82) is 0 Å². The third-order valence-electron chi connectivity index (χ3n) is 4.40. The largest absolute Gasteiger partial charge is 0.483 e. The van der Waals surface area contributed by atoms with Crippen molar-refractivity contribution in [3.05, 3.63) is 84.2 Å². The molecule has 150 valence electrons. The SMILES string of the molecule is Cc1ccccc1NC(=O)COc1ccccc1-c1noc(-c2cccc(F)c2)n1. The molecule has 4 aromatic rings. The van der Waals surface area contributed by atoms with Crippen molar-refractivity contribution < 1.29 is 18.4 Å². The maximum Gasteiger partial charge on any atom is 0.262 e. The molecule has 0 saturated carbocycles. The van der Waals surface area contributed by atoms with E-state index in [4.69, 9.17) is 9.26 Å². The van der Waals surface area contributed by atoms with E-state index in [-0.39, 0.29) is 24.2 Å². The lowest BCUT2D eigenvalue weighted by molar-refractivity contribution is -0.118. The van der Waals surface area contributed by atoms with Gasteiger partial charge in [0.15, 0.2) is 6.61 Å². The molecule has 0 atom stereocenters. The molecule has 0 saturated heterocycles. The third kappa shape index (κ3) is 4.35. The van der Waals surface area contributed by atoms with E-state index in [0.29, 0.717) is 16.9 Å². The summed E-state index contributed by atoms with van der Waals surface area (Å²) in [6.45, 7) is 1.73. The first-order valence-electron chi connectivity index (χ1n) is 9.27. The van der Waals surface area contributed by atoms with Crippen LogP contribution in [0.4, 0.5) is 10.1 Å². The summed E-state index contributed by atoms with van der Waals surface area (Å²) in [5.74, 6) is 0.230. The number of nitrogens with zero attached hydrogens (tertiary/aromatic N) is 2. The van der Waals surface area contributed by atoms with E-state index in [1.807, 2.05) is 31.2 Å². The molecule has 0 unspecified atom stereocenters. The number of nitrogens with one attached hydrogen (secondary N) is 1. The number of aryl methyl sites for hydroxylation is 1. The molecule has 1 amide bonds. The summed E-state index contributed by atoms with van der Waals surface area (Å²) in [5, 5.41) is 6.79. The van der Waals surface area contributed by atoms with Gasteiger partial charge < -0.3 is 14.6 Å². The Bertz CT molecular complexity index is 1190. The molecule has 1 aromatic heterocycles. The molecule has 1 N–H and O–H groups in total. The summed E-state index contributed by atoms with van der Waals surface area (Å²) in [5.41, 5.74) is 2.73. The van der Waals surface area contributed by atoms with Crippen LogP contribution in [0.5, 0.6) is 5.75 Å². The van der Waals surface area contributed by atoms with Crippen molar-refractivity contribution >= 4 is 11.6 Å². The van der Waals surface area contributed by atoms with Crippen LogP contribution in [0.1, 0.15) is 5.56 Å². The number of carbonyl (C=O) groups is 1. The second-order valence-electron chi connectivity index (χ2n) is 6.58. The van der Waals surface area contributed by atoms with E-state index in [1.54, 1.807) is 36.4 Å². The molecule has 0 aliphatic rings. The lowest BCUT2D eigenvalue weighted by Crippen LogP contribution is -2.20. The van der Waals surface area contributed by atoms with Crippen LogP contribution in [-0.2, 0) is 4.79 Å². The van der Waals surface area contributed by atoms with E-state index in [0.717, 1.165) is 11.3 Å². The minimum Gasteiger partial charge on any atom is -0.483 e. The van der Waals surface area contributed by atoms with Gasteiger partial charge in [-0.2, -0.15) is 4.98 Å². The van der Waals surface area contributed by atoms with Gasteiger partial charge in [0.25, 0.3) is 11.8 Å². The van der Waals surface area contributed by atoms with Crippen LogP contribution in [0.15, 0.2) is 77.3 Å². The molecular formula is C23H18FN3O3. The molecule has 30 heavy (non-hydrogen) atoms. The van der Waals surface area contributed by atoms with Gasteiger partial charge in [-0.15, -0.1) is 0 Å². The first kappa shape index (κ1) is 19.3. The van der Waals surface area contributed by atoms with Gasteiger partial charge in [-0.05, 0) is 48.9 Å². The Morgan fingerprint density at radius 2 is 1.87 bits per heavy atom. The summed E-state index contributed by atoms with van der Waals surface area (Å²) in [6.07, 6.45) is 0. The number of amides is 1. The Balaban J connectivity index is 1.49. The second kappa shape index (κ2) is 8.57. The monoisotopic (exact) mass is 403 g/mol. The smallest absolute Gasteiger partial charge is 0.262 e. The molecule has 0 fully saturated rings. The number of rotatable bonds is 6. The van der Waals surface area contributed by atoms with Crippen LogP contribution in [0, 0.1) is 12.7 Å². The molecule has 0 radical (unpaired) electrons. The highest BCUT2D eigenvalue weighted by Gasteiger charge is 2.16. The van der Waals surface area contributed by atoms with Gasteiger partial charge in [0.2, 0.25) is 5.82 Å². The van der Waals surface area contributed by atoms with Gasteiger partial charge in [-0.25, -0.2) is 4.39 Å². The summed E-state index contributed by atoms with van der Waals surface area (Å²) in [4.78, 5) is 16.6. The first-order chi connectivity index (χ1) is 14.6. The fraction of sp³-hybridized carbons (Fsp3) is 0.0870. The van der Waals surface area contributed by atoms with Crippen LogP contribution >= 0.6 is 0 Å². The Kier molecular flexibility index (Phi) is 5.52. The summed E-state index contributed by atoms with van der Waals surface area (Å²) in [7, 11) is 0. The Hall–Kier alpha value is -4.00. The molecule has 1 heterocycles. The van der Waals surface area contributed by atoms with Gasteiger partial charge >= 0.3 is 0 Å². The number of hydrogen-bond acceptors (Lipinski definition) is 5. The highest BCUT2D eigenvalue weighted by Crippen LogP contribution is 2.29. The van der Waals surface area contributed by atoms with Gasteiger partial charge in [-0.3, -0.25) is 4.79 Å². The zero-order valence-electron chi connectivity index (χ0n) is 16.1. The number of ether oxygens (including phenoxy) is 1. The topological polar surface area (TPSA) is 77.2 Å². The Labute approximate surface area is 172 Å². The average molecular weight is 403 g/mol. The zero-order chi connectivity index (χ0) is 20.9. The van der Waals surface area contributed by atoms with Crippen LogP contribution in [-0.4, -0.2) is 22.7 Å². The predicted octanol–water partition coefficient (Wildman–Crippen LogP) is 4.87. The molecule has 0 spiro atoms. The summed E-state index contributed by atoms with van der Waals surface area (Å²) in [6, 6.07) is 20.5. The molecule has 0 aliphatic heterocycles. The fourth-order valence-corrected chi connectivity index (χ4v) is 2.89. The van der Waals surface area contributed by atoms with E-state index >= 15 is 0 Å². The van der Waals surface area contributed by atoms with Gasteiger partial charge in [0, 0.05) is 11.3 Å². The minimum atomic E-state index is -0.393. The number of aromatic nitrogens is 2. The number of anilines is 1. The Morgan fingerprint density at radius 3 is 2.70 bits per heavy atom. The van der Waals surface area contributed by atoms with E-state index in [2.05, 4.69) is 15.5 Å². The minimum absolute atomic E-state index is 0.181. The first-order valence-corrected chi connectivity index (χ1v) is 9.27. The van der Waals surface area contributed by atoms with E-state index in [1.165, 1.54) is 12.1 Å². The summed E-state index contributed by atoms with van der Waals surface area (Å²) >= 11 is 0. The molecule has 0 aliphatic carbocycles. The highest BCUT2D eigenvalue weighted by molar-refractivity contribution is 5.92. The lowest BCUT2D eigenvalue weighted by Gasteiger charge is -2.11. The lowest BCUT2D eigenvalue weighted by atomic mass is 10.2. The summed E-state index contributed by atoms with van der Waals surface area (Å²) < 4.78 is 24.4. The number of benzene rings is 3. The third-order valence-corrected chi connectivity index (χ3v) is 4.40. The van der Waals surface area contributed by atoms with Crippen molar-refractivity contribution in [2.45, 2.75) is 6.92 Å². The molecule has 6 nitrogen and oxygen atoms in total. The van der Waals surface area contributed by atoms with Crippen LogP contribution in [0.25, 0.3) is 22.8 Å². The van der Waals surface area contributed by atoms with Crippen molar-refractivity contribution in [3.8, 4) is 28.6 Å². The van der Waals surface area contributed by atoms with Gasteiger partial charge in [-0.1, -0.05) is 41.6 Å². The van der Waals surface area contributed by atoms with Crippen molar-refractivity contribution in [2.75, 3.05) is 11.9 Å². The molecule has 7 heteroatoms. The fourth-order valence-electron chi connectivity index (χ4n) is 2.89. The number of hydrogen-bond donors (Lipinski definition) is 1. The standard InChI is InChI=1S/C23H18FN3O3/c1-15-7-2-4-11-19(15)25-21(28)14-29-20-12-5-3-10-18(20)22-26-23(30-27-22)16-8-6-9-17(24)13-16/h2-13H,14H2,1H3,(H,25,28). The van der Waals surface area contributed by atoms with Gasteiger partial charge in [0.1, 0.15) is 11.6 Å². The predicted molar refractivity (Wildman–Crippen MR) is 110 cm³/mol. The normalized spacial score (nSPS) is 10.6. The quantitative estimate of drug-likeness (QED) is 0.497. The molecule has 3 aromatic carbocycles. The highest BCUT2D eigenvalue weighted by atomic mass is 19.1. The Morgan fingerprint density at radius 1 is 1.07 bits per heavy atom. The van der Waals surface area contributed by atoms with Gasteiger partial charge in [0.05, 0.1) is 5.56 Å². The van der Waals surface area contributed by atoms with Crippen LogP contribution in [0.2, 0.25) is 0 Å². The van der Waals surface area contributed by atoms with Crippen molar-refractivity contribution in [2.24, 2.45) is 0 Å².